The van der Waals surface area contributed by atoms with Gasteiger partial charge in [0.25, 0.3) is 0 Å². The first-order valence-corrected chi connectivity index (χ1v) is 8.32. The van der Waals surface area contributed by atoms with E-state index in [1.54, 1.807) is 7.11 Å². The molecular weight excluding hydrogens is 308 g/mol. The second-order valence-corrected chi connectivity index (χ2v) is 5.53. The molecule has 0 aliphatic heterocycles. The van der Waals surface area contributed by atoms with Crippen LogP contribution in [0.3, 0.4) is 0 Å². The topological polar surface area (TPSA) is 54.6 Å². The number of methoxy groups -OCH3 is 1. The van der Waals surface area contributed by atoms with Gasteiger partial charge in [-0.05, 0) is 24.0 Å². The Labute approximate surface area is 140 Å². The Balaban J connectivity index is 2.15. The summed E-state index contributed by atoms with van der Waals surface area (Å²) in [4.78, 5) is 4.46. The van der Waals surface area contributed by atoms with Crippen molar-refractivity contribution in [2.24, 2.45) is 4.99 Å². The number of rotatable bonds is 6. The molecule has 0 heterocycles. The highest BCUT2D eigenvalue weighted by molar-refractivity contribution is 8.13. The van der Waals surface area contributed by atoms with Crippen LogP contribution in [0.15, 0.2) is 53.5 Å². The lowest BCUT2D eigenvalue weighted by atomic mass is 10.2. The minimum atomic E-state index is 0.301. The molecule has 0 aliphatic carbocycles. The van der Waals surface area contributed by atoms with Crippen molar-refractivity contribution in [3.63, 3.8) is 0 Å². The Morgan fingerprint density at radius 2 is 1.96 bits per heavy atom. The van der Waals surface area contributed by atoms with Gasteiger partial charge in [-0.25, -0.2) is 4.99 Å². The smallest absolute Gasteiger partial charge is 0.162 e. The van der Waals surface area contributed by atoms with Crippen LogP contribution >= 0.6 is 11.8 Å². The van der Waals surface area contributed by atoms with E-state index in [9.17, 15) is 0 Å². The molecule has 0 aromatic heterocycles. The van der Waals surface area contributed by atoms with Gasteiger partial charge in [0.1, 0.15) is 6.61 Å². The number of nitrogens with zero attached hydrogens (tertiary/aromatic N) is 2. The zero-order chi connectivity index (χ0) is 16.5. The molecule has 2 rings (SSSR count). The van der Waals surface area contributed by atoms with Crippen LogP contribution in [-0.4, -0.2) is 18.4 Å². The maximum atomic E-state index is 8.78. The van der Waals surface area contributed by atoms with Gasteiger partial charge in [0.05, 0.1) is 30.3 Å². The summed E-state index contributed by atoms with van der Waals surface area (Å²) in [5, 5.41) is 9.55. The molecule has 23 heavy (non-hydrogen) atoms. The molecule has 4 nitrogen and oxygen atoms in total. The van der Waals surface area contributed by atoms with Crippen LogP contribution < -0.4 is 9.47 Å². The van der Waals surface area contributed by atoms with Crippen molar-refractivity contribution < 1.29 is 9.47 Å². The number of benzene rings is 2. The Morgan fingerprint density at radius 3 is 2.61 bits per heavy atom. The standard InChI is InChI=1S/C18H18N2O2S/c1-21-17-12-15(20-18(23-2)10-11-19)8-9-16(17)22-13-14-6-4-3-5-7-14/h3-9,12H,10,13H2,1-2H3. The summed E-state index contributed by atoms with van der Waals surface area (Å²) in [5.41, 5.74) is 1.84. The molecule has 0 spiro atoms. The summed E-state index contributed by atoms with van der Waals surface area (Å²) in [6.45, 7) is 0.476. The molecule has 2 aromatic carbocycles. The molecular formula is C18H18N2O2S. The monoisotopic (exact) mass is 326 g/mol. The third kappa shape index (κ3) is 5.04. The Bertz CT molecular complexity index is 709. The predicted octanol–water partition coefficient (Wildman–Crippen LogP) is 4.58. The Kier molecular flexibility index (Phi) is 6.52. The van der Waals surface area contributed by atoms with Crippen molar-refractivity contribution >= 4 is 22.5 Å². The van der Waals surface area contributed by atoms with Crippen molar-refractivity contribution in [2.75, 3.05) is 13.4 Å². The molecule has 0 amide bonds. The first-order valence-electron chi connectivity index (χ1n) is 7.10. The number of aliphatic imine (C=N–C) groups is 1. The maximum Gasteiger partial charge on any atom is 0.162 e. The quantitative estimate of drug-likeness (QED) is 0.576. The molecule has 0 unspecified atom stereocenters. The molecule has 5 heteroatoms. The molecule has 118 valence electrons. The maximum absolute atomic E-state index is 8.78. The lowest BCUT2D eigenvalue weighted by Crippen LogP contribution is -1.97. The molecule has 0 atom stereocenters. The average Bonchev–Trinajstić information content (AvgIpc) is 2.60. The second kappa shape index (κ2) is 8.86. The summed E-state index contributed by atoms with van der Waals surface area (Å²) in [6.07, 6.45) is 2.21. The molecule has 0 fully saturated rings. The molecule has 0 aliphatic rings. The van der Waals surface area contributed by atoms with Crippen molar-refractivity contribution in [3.8, 4) is 17.6 Å². The highest BCUT2D eigenvalue weighted by atomic mass is 32.2. The van der Waals surface area contributed by atoms with E-state index < -0.39 is 0 Å². The van der Waals surface area contributed by atoms with Crippen LogP contribution in [0.5, 0.6) is 11.5 Å². The number of thioether (sulfide) groups is 1. The summed E-state index contributed by atoms with van der Waals surface area (Å²) in [5.74, 6) is 1.29. The number of ether oxygens (including phenoxy) is 2. The lowest BCUT2D eigenvalue weighted by Gasteiger charge is -2.11. The normalized spacial score (nSPS) is 10.9. The highest BCUT2D eigenvalue weighted by Gasteiger charge is 2.07. The summed E-state index contributed by atoms with van der Waals surface area (Å²) in [7, 11) is 1.60. The van der Waals surface area contributed by atoms with Crippen LogP contribution in [-0.2, 0) is 6.61 Å². The van der Waals surface area contributed by atoms with Gasteiger partial charge < -0.3 is 9.47 Å². The van der Waals surface area contributed by atoms with Gasteiger partial charge in [-0.3, -0.25) is 0 Å². The largest absolute Gasteiger partial charge is 0.493 e. The fourth-order valence-electron chi connectivity index (χ4n) is 1.95. The third-order valence-corrected chi connectivity index (χ3v) is 3.81. The van der Waals surface area contributed by atoms with Crippen molar-refractivity contribution in [1.82, 2.24) is 0 Å². The number of hydrogen-bond donors (Lipinski definition) is 0. The zero-order valence-corrected chi connectivity index (χ0v) is 14.0. The van der Waals surface area contributed by atoms with Crippen molar-refractivity contribution in [3.05, 3.63) is 54.1 Å². The van der Waals surface area contributed by atoms with Gasteiger partial charge in [0.2, 0.25) is 0 Å². The van der Waals surface area contributed by atoms with Gasteiger partial charge in [-0.2, -0.15) is 5.26 Å². The fourth-order valence-corrected chi connectivity index (χ4v) is 2.35. The van der Waals surface area contributed by atoms with E-state index in [0.717, 1.165) is 16.3 Å². The van der Waals surface area contributed by atoms with E-state index >= 15 is 0 Å². The van der Waals surface area contributed by atoms with E-state index in [2.05, 4.69) is 11.1 Å². The van der Waals surface area contributed by atoms with Gasteiger partial charge >= 0.3 is 0 Å². The van der Waals surface area contributed by atoms with E-state index in [0.29, 0.717) is 24.5 Å². The first kappa shape index (κ1) is 16.9. The molecule has 0 saturated carbocycles. The summed E-state index contributed by atoms with van der Waals surface area (Å²) in [6, 6.07) is 17.6. The molecule has 0 saturated heterocycles. The SMILES string of the molecule is COc1cc(N=C(CC#N)SC)ccc1OCc1ccccc1. The van der Waals surface area contributed by atoms with Crippen LogP contribution in [0.4, 0.5) is 5.69 Å². The fraction of sp³-hybridized carbons (Fsp3) is 0.222. The van der Waals surface area contributed by atoms with Crippen LogP contribution in [0.2, 0.25) is 0 Å². The first-order chi connectivity index (χ1) is 11.3. The summed E-state index contributed by atoms with van der Waals surface area (Å²) < 4.78 is 11.2. The highest BCUT2D eigenvalue weighted by Crippen LogP contribution is 2.32. The average molecular weight is 326 g/mol. The third-order valence-electron chi connectivity index (χ3n) is 3.10. The van der Waals surface area contributed by atoms with Crippen LogP contribution in [0, 0.1) is 11.3 Å². The zero-order valence-electron chi connectivity index (χ0n) is 13.2. The van der Waals surface area contributed by atoms with E-state index in [-0.39, 0.29) is 0 Å². The van der Waals surface area contributed by atoms with Gasteiger partial charge in [-0.1, -0.05) is 30.3 Å². The van der Waals surface area contributed by atoms with Gasteiger partial charge in [-0.15, -0.1) is 11.8 Å². The molecule has 0 radical (unpaired) electrons. The second-order valence-electron chi connectivity index (χ2n) is 4.65. The minimum absolute atomic E-state index is 0.301. The number of nitriles is 1. The van der Waals surface area contributed by atoms with Crippen LogP contribution in [0.1, 0.15) is 12.0 Å². The van der Waals surface area contributed by atoms with E-state index in [1.165, 1.54) is 11.8 Å². The molecule has 0 bridgehead atoms. The predicted molar refractivity (Wildman–Crippen MR) is 94.6 cm³/mol. The lowest BCUT2D eigenvalue weighted by molar-refractivity contribution is 0.284. The molecule has 2 aromatic rings. The van der Waals surface area contributed by atoms with Crippen molar-refractivity contribution in [2.45, 2.75) is 13.0 Å². The van der Waals surface area contributed by atoms with Gasteiger partial charge in [0.15, 0.2) is 11.5 Å². The summed E-state index contributed by atoms with van der Waals surface area (Å²) >= 11 is 1.47. The van der Waals surface area contributed by atoms with E-state index in [1.807, 2.05) is 54.8 Å². The van der Waals surface area contributed by atoms with Crippen molar-refractivity contribution in [1.29, 1.82) is 5.26 Å². The number of hydrogen-bond acceptors (Lipinski definition) is 5. The Morgan fingerprint density at radius 1 is 1.17 bits per heavy atom. The Hall–Kier alpha value is -2.45. The van der Waals surface area contributed by atoms with Gasteiger partial charge in [0, 0.05) is 6.07 Å². The van der Waals surface area contributed by atoms with E-state index in [4.69, 9.17) is 14.7 Å². The van der Waals surface area contributed by atoms with Crippen LogP contribution in [0.25, 0.3) is 0 Å². The minimum Gasteiger partial charge on any atom is -0.493 e. The molecule has 0 N–H and O–H groups in total.